The van der Waals surface area contributed by atoms with Gasteiger partial charge in [-0.25, -0.2) is 0 Å². The summed E-state index contributed by atoms with van der Waals surface area (Å²) in [5, 5.41) is 7.94. The van der Waals surface area contributed by atoms with E-state index in [0.29, 0.717) is 6.04 Å². The topological polar surface area (TPSA) is 39.1 Å². The van der Waals surface area contributed by atoms with Gasteiger partial charge < -0.3 is 10.1 Å². The smallest absolute Gasteiger partial charge is 0.119 e. The fraction of sp³-hybridized carbons (Fsp3) is 0.438. The number of hydrogen-bond acceptors (Lipinski definition) is 3. The number of benzene rings is 1. The third kappa shape index (κ3) is 2.79. The molecule has 2 aromatic rings. The van der Waals surface area contributed by atoms with Gasteiger partial charge in [0.05, 0.1) is 25.4 Å². The van der Waals surface area contributed by atoms with Crippen LogP contribution in [0.15, 0.2) is 36.5 Å². The van der Waals surface area contributed by atoms with E-state index >= 15 is 0 Å². The van der Waals surface area contributed by atoms with Crippen LogP contribution in [0.2, 0.25) is 0 Å². The van der Waals surface area contributed by atoms with Gasteiger partial charge in [0.1, 0.15) is 5.75 Å². The molecule has 1 aromatic carbocycles. The normalized spacial score (nSPS) is 15.4. The van der Waals surface area contributed by atoms with Gasteiger partial charge in [0, 0.05) is 11.9 Å². The number of nitrogens with zero attached hydrogens (tertiary/aromatic N) is 2. The molecular weight excluding hydrogens is 250 g/mol. The summed E-state index contributed by atoms with van der Waals surface area (Å²) in [6.07, 6.45) is 7.09. The second-order valence-corrected chi connectivity index (χ2v) is 5.29. The lowest BCUT2D eigenvalue weighted by molar-refractivity contribution is 0.415. The van der Waals surface area contributed by atoms with E-state index in [-0.39, 0.29) is 0 Å². The molecule has 0 aliphatic heterocycles. The first-order valence-corrected chi connectivity index (χ1v) is 7.27. The number of ether oxygens (including phenoxy) is 1. The zero-order valence-corrected chi connectivity index (χ0v) is 11.9. The minimum Gasteiger partial charge on any atom is -0.497 e. The molecule has 4 heteroatoms. The fourth-order valence-corrected chi connectivity index (χ4v) is 2.86. The van der Waals surface area contributed by atoms with Crippen LogP contribution in [0.4, 0.5) is 5.69 Å². The van der Waals surface area contributed by atoms with Gasteiger partial charge in [-0.15, -0.1) is 0 Å². The van der Waals surface area contributed by atoms with Gasteiger partial charge >= 0.3 is 0 Å². The summed E-state index contributed by atoms with van der Waals surface area (Å²) in [6, 6.07) is 10.7. The van der Waals surface area contributed by atoms with Crippen molar-refractivity contribution in [3.05, 3.63) is 42.2 Å². The maximum atomic E-state index is 5.16. The maximum Gasteiger partial charge on any atom is 0.119 e. The fourth-order valence-electron chi connectivity index (χ4n) is 2.86. The largest absolute Gasteiger partial charge is 0.497 e. The summed E-state index contributed by atoms with van der Waals surface area (Å²) >= 11 is 0. The highest BCUT2D eigenvalue weighted by Crippen LogP contribution is 2.30. The molecular formula is C16H21N3O. The van der Waals surface area contributed by atoms with Crippen LogP contribution in [0.1, 0.15) is 37.4 Å². The molecule has 20 heavy (non-hydrogen) atoms. The van der Waals surface area contributed by atoms with Crippen molar-refractivity contribution >= 4 is 5.69 Å². The average Bonchev–Trinajstić information content (AvgIpc) is 3.16. The number of anilines is 1. The predicted octanol–water partition coefficient (Wildman–Crippen LogP) is 3.62. The van der Waals surface area contributed by atoms with Crippen molar-refractivity contribution in [1.82, 2.24) is 9.78 Å². The van der Waals surface area contributed by atoms with E-state index in [0.717, 1.165) is 18.0 Å². The van der Waals surface area contributed by atoms with Gasteiger partial charge in [-0.05, 0) is 43.2 Å². The number of hydrogen-bond donors (Lipinski definition) is 1. The lowest BCUT2D eigenvalue weighted by Gasteiger charge is -2.15. The molecule has 0 bridgehead atoms. The minimum absolute atomic E-state index is 0.595. The first-order chi connectivity index (χ1) is 9.86. The van der Waals surface area contributed by atoms with E-state index in [9.17, 15) is 0 Å². The molecule has 1 aliphatic carbocycles. The van der Waals surface area contributed by atoms with Crippen molar-refractivity contribution in [2.75, 3.05) is 12.4 Å². The highest BCUT2D eigenvalue weighted by molar-refractivity contribution is 5.46. The van der Waals surface area contributed by atoms with Crippen LogP contribution in [0.25, 0.3) is 0 Å². The van der Waals surface area contributed by atoms with E-state index in [4.69, 9.17) is 4.74 Å². The van der Waals surface area contributed by atoms with Crippen LogP contribution in [0.3, 0.4) is 0 Å². The summed E-state index contributed by atoms with van der Waals surface area (Å²) in [5.74, 6) is 0.881. The zero-order valence-electron chi connectivity index (χ0n) is 11.9. The van der Waals surface area contributed by atoms with Crippen molar-refractivity contribution in [1.29, 1.82) is 0 Å². The summed E-state index contributed by atoms with van der Waals surface area (Å²) < 4.78 is 7.36. The quantitative estimate of drug-likeness (QED) is 0.902. The summed E-state index contributed by atoms with van der Waals surface area (Å²) in [4.78, 5) is 0. The molecule has 1 N–H and O–H groups in total. The summed E-state index contributed by atoms with van der Waals surface area (Å²) in [5.41, 5.74) is 2.36. The van der Waals surface area contributed by atoms with Gasteiger partial charge in [-0.2, -0.15) is 5.10 Å². The Morgan fingerprint density at radius 3 is 2.65 bits per heavy atom. The Labute approximate surface area is 119 Å². The first-order valence-electron chi connectivity index (χ1n) is 7.27. The molecule has 1 heterocycles. The Morgan fingerprint density at radius 1 is 1.20 bits per heavy atom. The molecule has 106 valence electrons. The molecule has 4 nitrogen and oxygen atoms in total. The summed E-state index contributed by atoms with van der Waals surface area (Å²) in [6.45, 7) is 0.808. The van der Waals surface area contributed by atoms with Gasteiger partial charge in [-0.1, -0.05) is 12.8 Å². The number of aromatic nitrogens is 2. The van der Waals surface area contributed by atoms with Crippen molar-refractivity contribution in [2.45, 2.75) is 38.3 Å². The molecule has 1 aromatic heterocycles. The van der Waals surface area contributed by atoms with Crippen molar-refractivity contribution in [2.24, 2.45) is 0 Å². The van der Waals surface area contributed by atoms with Crippen LogP contribution in [-0.2, 0) is 6.54 Å². The van der Waals surface area contributed by atoms with E-state index < -0.39 is 0 Å². The van der Waals surface area contributed by atoms with E-state index in [1.54, 1.807) is 7.11 Å². The van der Waals surface area contributed by atoms with Crippen molar-refractivity contribution in [3.63, 3.8) is 0 Å². The van der Waals surface area contributed by atoms with Crippen LogP contribution in [-0.4, -0.2) is 16.9 Å². The highest BCUT2D eigenvalue weighted by Gasteiger charge is 2.19. The van der Waals surface area contributed by atoms with Crippen molar-refractivity contribution < 1.29 is 4.74 Å². The third-order valence-electron chi connectivity index (χ3n) is 3.99. The molecule has 1 aliphatic rings. The van der Waals surface area contributed by atoms with Crippen LogP contribution in [0.5, 0.6) is 5.75 Å². The van der Waals surface area contributed by atoms with E-state index in [2.05, 4.69) is 21.2 Å². The Morgan fingerprint density at radius 2 is 1.95 bits per heavy atom. The van der Waals surface area contributed by atoms with Gasteiger partial charge in [0.2, 0.25) is 0 Å². The highest BCUT2D eigenvalue weighted by atomic mass is 16.5. The number of nitrogens with one attached hydrogen (secondary N) is 1. The molecule has 0 radical (unpaired) electrons. The minimum atomic E-state index is 0.595. The molecule has 0 amide bonds. The van der Waals surface area contributed by atoms with Gasteiger partial charge in [0.25, 0.3) is 0 Å². The summed E-state index contributed by atoms with van der Waals surface area (Å²) in [7, 11) is 1.68. The second-order valence-electron chi connectivity index (χ2n) is 5.29. The monoisotopic (exact) mass is 271 g/mol. The standard InChI is InChI=1S/C16H21N3O/c1-20-16-8-6-13(7-9-16)17-12-15-10-11-18-19(15)14-4-2-3-5-14/h6-11,14,17H,2-5,12H2,1H3. The Hall–Kier alpha value is -1.97. The predicted molar refractivity (Wildman–Crippen MR) is 80.1 cm³/mol. The Balaban J connectivity index is 1.64. The maximum absolute atomic E-state index is 5.16. The van der Waals surface area contributed by atoms with Crippen LogP contribution >= 0.6 is 0 Å². The second kappa shape index (κ2) is 5.99. The zero-order chi connectivity index (χ0) is 13.8. The lowest BCUT2D eigenvalue weighted by atomic mass is 10.2. The Kier molecular flexibility index (Phi) is 3.90. The number of methoxy groups -OCH3 is 1. The van der Waals surface area contributed by atoms with Crippen LogP contribution in [0, 0.1) is 0 Å². The molecule has 0 saturated heterocycles. The lowest BCUT2D eigenvalue weighted by Crippen LogP contribution is -2.13. The van der Waals surface area contributed by atoms with E-state index in [1.165, 1.54) is 31.4 Å². The third-order valence-corrected chi connectivity index (χ3v) is 3.99. The number of rotatable bonds is 5. The Bertz CT molecular complexity index is 541. The first kappa shape index (κ1) is 13.0. The van der Waals surface area contributed by atoms with Gasteiger partial charge in [-0.3, -0.25) is 4.68 Å². The molecule has 3 rings (SSSR count). The van der Waals surface area contributed by atoms with Crippen LogP contribution < -0.4 is 10.1 Å². The molecule has 1 fully saturated rings. The van der Waals surface area contributed by atoms with Crippen molar-refractivity contribution in [3.8, 4) is 5.75 Å². The van der Waals surface area contributed by atoms with E-state index in [1.807, 2.05) is 30.5 Å². The molecule has 0 unspecified atom stereocenters. The molecule has 0 spiro atoms. The molecule has 0 atom stereocenters. The average molecular weight is 271 g/mol. The van der Waals surface area contributed by atoms with Gasteiger partial charge in [0.15, 0.2) is 0 Å². The SMILES string of the molecule is COc1ccc(NCc2ccnn2C2CCCC2)cc1. The molecule has 1 saturated carbocycles.